The maximum Gasteiger partial charge on any atom is 0.237 e. The van der Waals surface area contributed by atoms with Crippen molar-refractivity contribution in [1.82, 2.24) is 9.21 Å². The minimum Gasteiger partial charge on any atom is -0.497 e. The number of benzene rings is 2. The van der Waals surface area contributed by atoms with Crippen LogP contribution >= 0.6 is 0 Å². The van der Waals surface area contributed by atoms with E-state index in [1.54, 1.807) is 50.6 Å². The molecule has 0 aliphatic carbocycles. The van der Waals surface area contributed by atoms with E-state index < -0.39 is 10.0 Å². The van der Waals surface area contributed by atoms with Crippen molar-refractivity contribution in [3.05, 3.63) is 65.6 Å². The highest BCUT2D eigenvalue weighted by molar-refractivity contribution is 7.92. The number of likely N-dealkylation sites (N-methyl/N-ethyl adjacent to an activating group) is 2. The fraction of sp³-hybridized carbons (Fsp3) is 0.286. The van der Waals surface area contributed by atoms with Crippen LogP contribution in [-0.4, -0.2) is 64.4 Å². The highest BCUT2D eigenvalue weighted by Gasteiger charge is 2.19. The number of hydrogen-bond acceptors (Lipinski definition) is 5. The number of methoxy groups -OCH3 is 1. The summed E-state index contributed by atoms with van der Waals surface area (Å²) in [5.41, 5.74) is 0.767. The summed E-state index contributed by atoms with van der Waals surface area (Å²) in [7, 11) is 0.884. The molecule has 0 spiro atoms. The molecule has 1 amide bonds. The Kier molecular flexibility index (Phi) is 8.23. The van der Waals surface area contributed by atoms with Crippen molar-refractivity contribution < 1.29 is 22.7 Å². The second kappa shape index (κ2) is 10.6. The van der Waals surface area contributed by atoms with Gasteiger partial charge in [0, 0.05) is 19.5 Å². The van der Waals surface area contributed by atoms with Crippen LogP contribution in [-0.2, 0) is 14.8 Å². The first-order chi connectivity index (χ1) is 13.8. The Hall–Kier alpha value is -2.84. The minimum atomic E-state index is -3.70. The predicted molar refractivity (Wildman–Crippen MR) is 113 cm³/mol. The fourth-order valence-electron chi connectivity index (χ4n) is 2.33. The average Bonchev–Trinajstić information content (AvgIpc) is 2.73. The predicted octanol–water partition coefficient (Wildman–Crippen LogP) is 2.46. The lowest BCUT2D eigenvalue weighted by Crippen LogP contribution is -2.40. The Morgan fingerprint density at radius 2 is 1.62 bits per heavy atom. The van der Waals surface area contributed by atoms with Crippen LogP contribution in [0.2, 0.25) is 0 Å². The zero-order valence-electron chi connectivity index (χ0n) is 16.8. The van der Waals surface area contributed by atoms with Crippen molar-refractivity contribution in [2.24, 2.45) is 0 Å². The van der Waals surface area contributed by atoms with Gasteiger partial charge >= 0.3 is 0 Å². The first kappa shape index (κ1) is 22.4. The first-order valence-electron chi connectivity index (χ1n) is 9.02. The monoisotopic (exact) mass is 418 g/mol. The molecule has 0 fully saturated rings. The van der Waals surface area contributed by atoms with Crippen molar-refractivity contribution >= 4 is 22.0 Å². The number of hydrogen-bond donors (Lipinski definition) is 0. The zero-order valence-corrected chi connectivity index (χ0v) is 17.6. The van der Waals surface area contributed by atoms with Gasteiger partial charge in [-0.2, -0.15) is 4.31 Å². The van der Waals surface area contributed by atoms with Crippen LogP contribution in [0.25, 0.3) is 6.08 Å². The SMILES string of the molecule is COc1ccc(OCCN(C)C(=O)CN(C)S(=O)(=O)/C=C/c2ccccc2)cc1. The van der Waals surface area contributed by atoms with E-state index in [1.165, 1.54) is 18.0 Å². The Morgan fingerprint density at radius 3 is 2.24 bits per heavy atom. The third-order valence-corrected chi connectivity index (χ3v) is 5.68. The number of carbonyl (C=O) groups is 1. The molecule has 29 heavy (non-hydrogen) atoms. The van der Waals surface area contributed by atoms with Crippen LogP contribution in [0.5, 0.6) is 11.5 Å². The van der Waals surface area contributed by atoms with Crippen molar-refractivity contribution in [1.29, 1.82) is 0 Å². The van der Waals surface area contributed by atoms with E-state index in [4.69, 9.17) is 9.47 Å². The van der Waals surface area contributed by atoms with Crippen molar-refractivity contribution in [2.75, 3.05) is 40.9 Å². The second-order valence-electron chi connectivity index (χ2n) is 6.35. The summed E-state index contributed by atoms with van der Waals surface area (Å²) < 4.78 is 36.4. The van der Waals surface area contributed by atoms with Gasteiger partial charge in [0.2, 0.25) is 15.9 Å². The van der Waals surface area contributed by atoms with E-state index in [0.29, 0.717) is 18.9 Å². The Balaban J connectivity index is 1.81. The largest absolute Gasteiger partial charge is 0.497 e. The van der Waals surface area contributed by atoms with Crippen LogP contribution in [0.4, 0.5) is 0 Å². The highest BCUT2D eigenvalue weighted by Crippen LogP contribution is 2.16. The summed E-state index contributed by atoms with van der Waals surface area (Å²) in [6.07, 6.45) is 1.50. The van der Waals surface area contributed by atoms with Gasteiger partial charge in [-0.25, -0.2) is 8.42 Å². The van der Waals surface area contributed by atoms with Gasteiger partial charge in [0.25, 0.3) is 0 Å². The van der Waals surface area contributed by atoms with Gasteiger partial charge in [0.15, 0.2) is 0 Å². The first-order valence-corrected chi connectivity index (χ1v) is 10.5. The van der Waals surface area contributed by atoms with Gasteiger partial charge in [-0.15, -0.1) is 0 Å². The third-order valence-electron chi connectivity index (χ3n) is 4.20. The molecule has 7 nitrogen and oxygen atoms in total. The second-order valence-corrected chi connectivity index (χ2v) is 8.28. The summed E-state index contributed by atoms with van der Waals surface area (Å²) in [6, 6.07) is 16.2. The van der Waals surface area contributed by atoms with E-state index in [1.807, 2.05) is 18.2 Å². The molecule has 8 heteroatoms. The van der Waals surface area contributed by atoms with E-state index in [0.717, 1.165) is 21.0 Å². The third kappa shape index (κ3) is 7.24. The quantitative estimate of drug-likeness (QED) is 0.592. The Morgan fingerprint density at radius 1 is 1.00 bits per heavy atom. The van der Waals surface area contributed by atoms with E-state index in [-0.39, 0.29) is 12.5 Å². The van der Waals surface area contributed by atoms with Crippen LogP contribution in [0.1, 0.15) is 5.56 Å². The minimum absolute atomic E-state index is 0.250. The van der Waals surface area contributed by atoms with E-state index in [9.17, 15) is 13.2 Å². The summed E-state index contributed by atoms with van der Waals surface area (Å²) >= 11 is 0. The number of amides is 1. The maximum absolute atomic E-state index is 12.3. The molecule has 0 aromatic heterocycles. The normalized spacial score (nSPS) is 11.6. The topological polar surface area (TPSA) is 76.2 Å². The lowest BCUT2D eigenvalue weighted by molar-refractivity contribution is -0.130. The van der Waals surface area contributed by atoms with Gasteiger partial charge in [-0.3, -0.25) is 4.79 Å². The molecule has 0 saturated carbocycles. The molecule has 0 N–H and O–H groups in total. The molecule has 0 unspecified atom stereocenters. The smallest absolute Gasteiger partial charge is 0.237 e. The number of rotatable bonds is 10. The molecule has 0 radical (unpaired) electrons. The number of sulfonamides is 1. The molecule has 2 aromatic carbocycles. The number of ether oxygens (including phenoxy) is 2. The number of nitrogens with zero attached hydrogens (tertiary/aromatic N) is 2. The fourth-order valence-corrected chi connectivity index (χ4v) is 3.16. The molecule has 0 aliphatic rings. The van der Waals surface area contributed by atoms with Crippen molar-refractivity contribution in [2.45, 2.75) is 0 Å². The van der Waals surface area contributed by atoms with Crippen LogP contribution in [0.3, 0.4) is 0 Å². The summed E-state index contributed by atoms with van der Waals surface area (Å²) in [4.78, 5) is 13.8. The Labute approximate surface area is 172 Å². The van der Waals surface area contributed by atoms with Crippen LogP contribution in [0.15, 0.2) is 60.0 Å². The molecule has 0 saturated heterocycles. The van der Waals surface area contributed by atoms with Crippen molar-refractivity contribution in [3.63, 3.8) is 0 Å². The lowest BCUT2D eigenvalue weighted by Gasteiger charge is -2.21. The van der Waals surface area contributed by atoms with Gasteiger partial charge in [-0.05, 0) is 35.9 Å². The average molecular weight is 419 g/mol. The molecule has 0 aliphatic heterocycles. The summed E-state index contributed by atoms with van der Waals surface area (Å²) in [5.74, 6) is 1.08. The van der Waals surface area contributed by atoms with Crippen LogP contribution in [0, 0.1) is 0 Å². The molecule has 0 atom stereocenters. The van der Waals surface area contributed by atoms with Crippen LogP contribution < -0.4 is 9.47 Å². The van der Waals surface area contributed by atoms with Gasteiger partial charge < -0.3 is 14.4 Å². The molecule has 156 valence electrons. The van der Waals surface area contributed by atoms with E-state index in [2.05, 4.69) is 0 Å². The standard InChI is InChI=1S/C21H26N2O5S/c1-22(14-15-28-20-11-9-19(27-3)10-12-20)21(24)17-23(2)29(25,26)16-13-18-7-5-4-6-8-18/h4-13,16H,14-15,17H2,1-3H3/b16-13+. The molecule has 0 bridgehead atoms. The summed E-state index contributed by atoms with van der Waals surface area (Å²) in [6.45, 7) is 0.373. The highest BCUT2D eigenvalue weighted by atomic mass is 32.2. The lowest BCUT2D eigenvalue weighted by atomic mass is 10.2. The number of carbonyl (C=O) groups excluding carboxylic acids is 1. The van der Waals surface area contributed by atoms with Gasteiger partial charge in [0.05, 0.1) is 20.2 Å². The summed E-state index contributed by atoms with van der Waals surface area (Å²) in [5, 5.41) is 1.10. The molecule has 2 rings (SSSR count). The van der Waals surface area contributed by atoms with Gasteiger partial charge in [0.1, 0.15) is 18.1 Å². The maximum atomic E-state index is 12.3. The zero-order chi connectivity index (χ0) is 21.3. The van der Waals surface area contributed by atoms with E-state index >= 15 is 0 Å². The Bertz CT molecular complexity index is 912. The molecular weight excluding hydrogens is 392 g/mol. The molecular formula is C21H26N2O5S. The van der Waals surface area contributed by atoms with Crippen molar-refractivity contribution in [3.8, 4) is 11.5 Å². The molecule has 2 aromatic rings. The van der Waals surface area contributed by atoms with Gasteiger partial charge in [-0.1, -0.05) is 30.3 Å². The molecule has 0 heterocycles.